The molecule has 3 aliphatic rings. The molecule has 28 heavy (non-hydrogen) atoms. The van der Waals surface area contributed by atoms with Crippen molar-refractivity contribution in [2.45, 2.75) is 83.2 Å². The molecule has 0 radical (unpaired) electrons. The number of rotatable bonds is 6. The van der Waals surface area contributed by atoms with E-state index in [1.165, 1.54) is 86.0 Å². The predicted molar refractivity (Wildman–Crippen MR) is 113 cm³/mol. The Hall–Kier alpha value is -1.55. The zero-order valence-corrected chi connectivity index (χ0v) is 17.4. The van der Waals surface area contributed by atoms with Gasteiger partial charge < -0.3 is 10.0 Å². The van der Waals surface area contributed by atoms with Crippen LogP contribution in [0.5, 0.6) is 0 Å². The highest BCUT2D eigenvalue weighted by Crippen LogP contribution is 2.43. The largest absolute Gasteiger partial charge is 0.465 e. The Bertz CT molecular complexity index is 683. The van der Waals surface area contributed by atoms with Gasteiger partial charge in [0.25, 0.3) is 0 Å². The average Bonchev–Trinajstić information content (AvgIpc) is 3.14. The summed E-state index contributed by atoms with van der Waals surface area (Å²) in [6.07, 6.45) is 11.4. The molecule has 4 heteroatoms. The van der Waals surface area contributed by atoms with E-state index in [-0.39, 0.29) is 0 Å². The summed E-state index contributed by atoms with van der Waals surface area (Å²) < 4.78 is 0. The van der Waals surface area contributed by atoms with Crippen LogP contribution in [0.1, 0.15) is 80.9 Å². The molecule has 0 spiro atoms. The summed E-state index contributed by atoms with van der Waals surface area (Å²) in [5.41, 5.74) is 4.17. The smallest absolute Gasteiger partial charge is 0.407 e. The molecule has 2 atom stereocenters. The van der Waals surface area contributed by atoms with E-state index in [9.17, 15) is 9.90 Å². The quantitative estimate of drug-likeness (QED) is 0.727. The van der Waals surface area contributed by atoms with E-state index in [1.807, 2.05) is 6.92 Å². The summed E-state index contributed by atoms with van der Waals surface area (Å²) in [7, 11) is 0. The fourth-order valence-electron chi connectivity index (χ4n) is 6.03. The molecule has 4 rings (SSSR count). The van der Waals surface area contributed by atoms with Gasteiger partial charge in [0.15, 0.2) is 0 Å². The third-order valence-electron chi connectivity index (χ3n) is 7.62. The maximum Gasteiger partial charge on any atom is 0.407 e. The van der Waals surface area contributed by atoms with Crippen LogP contribution in [0, 0.1) is 5.92 Å². The molecule has 0 unspecified atom stereocenters. The Morgan fingerprint density at radius 1 is 1.18 bits per heavy atom. The van der Waals surface area contributed by atoms with Crippen molar-refractivity contribution in [1.82, 2.24) is 9.80 Å². The first-order valence-corrected chi connectivity index (χ1v) is 11.5. The molecule has 1 heterocycles. The van der Waals surface area contributed by atoms with Crippen molar-refractivity contribution in [3.63, 3.8) is 0 Å². The van der Waals surface area contributed by atoms with E-state index in [0.717, 1.165) is 12.3 Å². The molecular formula is C24H36N2O2. The van der Waals surface area contributed by atoms with Crippen LogP contribution >= 0.6 is 0 Å². The van der Waals surface area contributed by atoms with Gasteiger partial charge in [-0.2, -0.15) is 0 Å². The van der Waals surface area contributed by atoms with Crippen LogP contribution in [-0.2, 0) is 13.0 Å². The van der Waals surface area contributed by atoms with Gasteiger partial charge in [0.05, 0.1) is 0 Å². The van der Waals surface area contributed by atoms with Gasteiger partial charge in [-0.15, -0.1) is 0 Å². The minimum Gasteiger partial charge on any atom is -0.465 e. The highest BCUT2D eigenvalue weighted by atomic mass is 16.4. The third-order valence-corrected chi connectivity index (χ3v) is 7.62. The fraction of sp³-hybridized carbons (Fsp3) is 0.708. The fourth-order valence-corrected chi connectivity index (χ4v) is 6.03. The van der Waals surface area contributed by atoms with Crippen molar-refractivity contribution in [2.24, 2.45) is 5.92 Å². The molecule has 4 nitrogen and oxygen atoms in total. The van der Waals surface area contributed by atoms with Gasteiger partial charge in [-0.05, 0) is 68.3 Å². The Balaban J connectivity index is 1.43. The summed E-state index contributed by atoms with van der Waals surface area (Å²) in [6, 6.07) is 7.31. The molecule has 1 aromatic rings. The molecule has 154 valence electrons. The number of amides is 1. The summed E-state index contributed by atoms with van der Waals surface area (Å²) in [5.74, 6) is 1.61. The maximum atomic E-state index is 11.5. The monoisotopic (exact) mass is 384 g/mol. The van der Waals surface area contributed by atoms with Crippen molar-refractivity contribution >= 4 is 6.09 Å². The van der Waals surface area contributed by atoms with Crippen LogP contribution < -0.4 is 0 Å². The summed E-state index contributed by atoms with van der Waals surface area (Å²) in [4.78, 5) is 15.8. The highest BCUT2D eigenvalue weighted by Gasteiger charge is 2.39. The molecule has 0 bridgehead atoms. The van der Waals surface area contributed by atoms with Gasteiger partial charge in [0.1, 0.15) is 0 Å². The first-order valence-electron chi connectivity index (χ1n) is 11.5. The number of nitrogens with zero attached hydrogens (tertiary/aromatic N) is 2. The number of benzene rings is 1. The van der Waals surface area contributed by atoms with E-state index < -0.39 is 6.09 Å². The first-order chi connectivity index (χ1) is 13.7. The van der Waals surface area contributed by atoms with E-state index in [1.54, 1.807) is 0 Å². The number of carboxylic acid groups (broad SMARTS) is 1. The number of fused-ring (bicyclic) bond motifs is 3. The van der Waals surface area contributed by atoms with E-state index in [2.05, 4.69) is 23.1 Å². The van der Waals surface area contributed by atoms with Gasteiger partial charge in [-0.1, -0.05) is 50.3 Å². The van der Waals surface area contributed by atoms with E-state index in [4.69, 9.17) is 0 Å². The molecule has 1 aliphatic heterocycles. The SMILES string of the molecule is CCN(Cc1cccc2c1CC[C@@H]1[C@H]2CCN1CCC1CCCCC1)C(=O)O. The number of likely N-dealkylation sites (tertiary alicyclic amines) is 1. The van der Waals surface area contributed by atoms with Gasteiger partial charge in [0.2, 0.25) is 0 Å². The van der Waals surface area contributed by atoms with Crippen molar-refractivity contribution in [1.29, 1.82) is 0 Å². The van der Waals surface area contributed by atoms with Crippen LogP contribution in [0.3, 0.4) is 0 Å². The topological polar surface area (TPSA) is 43.8 Å². The Morgan fingerprint density at radius 2 is 2.00 bits per heavy atom. The normalized spacial score (nSPS) is 25.3. The van der Waals surface area contributed by atoms with Gasteiger partial charge in [0, 0.05) is 25.0 Å². The summed E-state index contributed by atoms with van der Waals surface area (Å²) in [5, 5.41) is 9.41. The predicted octanol–water partition coefficient (Wildman–Crippen LogP) is 5.26. The number of hydrogen-bond acceptors (Lipinski definition) is 2. The highest BCUT2D eigenvalue weighted by molar-refractivity contribution is 5.65. The standard InChI is InChI=1S/C24H36N2O2/c1-2-25(24(27)28)17-19-9-6-10-21-20(19)11-12-23-22(21)14-16-26(23)15-13-18-7-4-3-5-8-18/h6,9-10,18,22-23H,2-5,7-8,11-17H2,1H3,(H,27,28)/t22-,23+/m0/s1. The zero-order valence-electron chi connectivity index (χ0n) is 17.4. The van der Waals surface area contributed by atoms with Crippen molar-refractivity contribution in [2.75, 3.05) is 19.6 Å². The zero-order chi connectivity index (χ0) is 19.5. The molecule has 0 aromatic heterocycles. The molecular weight excluding hydrogens is 348 g/mol. The minimum absolute atomic E-state index is 0.526. The second-order valence-electron chi connectivity index (χ2n) is 9.11. The van der Waals surface area contributed by atoms with Crippen LogP contribution in [0.4, 0.5) is 4.79 Å². The number of hydrogen-bond donors (Lipinski definition) is 1. The van der Waals surface area contributed by atoms with Crippen LogP contribution in [0.2, 0.25) is 0 Å². The van der Waals surface area contributed by atoms with Crippen molar-refractivity contribution in [3.8, 4) is 0 Å². The average molecular weight is 385 g/mol. The summed E-state index contributed by atoms with van der Waals surface area (Å²) in [6.45, 7) is 5.50. The third kappa shape index (κ3) is 4.07. The van der Waals surface area contributed by atoms with E-state index in [0.29, 0.717) is 25.0 Å². The van der Waals surface area contributed by atoms with Gasteiger partial charge >= 0.3 is 6.09 Å². The molecule has 2 fully saturated rings. The lowest BCUT2D eigenvalue weighted by Crippen LogP contribution is -2.37. The molecule has 1 saturated heterocycles. The molecule has 1 aromatic carbocycles. The second-order valence-corrected chi connectivity index (χ2v) is 9.11. The van der Waals surface area contributed by atoms with E-state index >= 15 is 0 Å². The minimum atomic E-state index is -0.816. The Kier molecular flexibility index (Phi) is 6.25. The second kappa shape index (κ2) is 8.86. The molecule has 1 saturated carbocycles. The molecule has 1 amide bonds. The van der Waals surface area contributed by atoms with Crippen LogP contribution in [0.15, 0.2) is 18.2 Å². The lowest BCUT2D eigenvalue weighted by molar-refractivity contribution is 0.144. The molecule has 2 aliphatic carbocycles. The van der Waals surface area contributed by atoms with Gasteiger partial charge in [-0.25, -0.2) is 4.79 Å². The Morgan fingerprint density at radius 3 is 2.75 bits per heavy atom. The van der Waals surface area contributed by atoms with Crippen molar-refractivity contribution < 1.29 is 9.90 Å². The lowest BCUT2D eigenvalue weighted by atomic mass is 9.77. The molecule has 1 N–H and O–H groups in total. The maximum absolute atomic E-state index is 11.5. The van der Waals surface area contributed by atoms with Crippen molar-refractivity contribution in [3.05, 3.63) is 34.9 Å². The van der Waals surface area contributed by atoms with Crippen LogP contribution in [0.25, 0.3) is 0 Å². The Labute approximate surface area is 169 Å². The first kappa shape index (κ1) is 19.8. The number of carbonyl (C=O) groups is 1. The lowest BCUT2D eigenvalue weighted by Gasteiger charge is -2.35. The van der Waals surface area contributed by atoms with Gasteiger partial charge in [-0.3, -0.25) is 4.90 Å². The van der Waals surface area contributed by atoms with Crippen LogP contribution in [-0.4, -0.2) is 46.7 Å². The summed E-state index contributed by atoms with van der Waals surface area (Å²) >= 11 is 0.